The number of alkyl halides is 3. The number of hydrogen-bond acceptors (Lipinski definition) is 6. The number of nitrogens with zero attached hydrogens (tertiary/aromatic N) is 2. The number of aromatic nitrogens is 1. The van der Waals surface area contributed by atoms with Crippen molar-refractivity contribution in [1.82, 2.24) is 15.2 Å². The Labute approximate surface area is 213 Å². The van der Waals surface area contributed by atoms with Gasteiger partial charge in [-0.05, 0) is 73.2 Å². The van der Waals surface area contributed by atoms with Gasteiger partial charge in [0.2, 0.25) is 0 Å². The molecule has 3 aromatic rings. The highest BCUT2D eigenvalue weighted by Crippen LogP contribution is 2.47. The molecule has 1 aliphatic carbocycles. The molecule has 0 spiro atoms. The minimum atomic E-state index is -4.07. The standard InChI is InChI=1S/C27H31F3N4OS/c1-34-24(23-3-2-12-35-23)25(19-6-7-20-15-32-11-10-18(20)14-19)36-26(34)33-16-22(31)13-17-4-8-21(9-5-17)27(28,29)30/h2-3,6-7,10-12,14-15,17,21-22,26,33H,4-5,8-9,13,16,31H2,1H3/t17?,21?,22-,26?/m0/s1. The zero-order chi connectivity index (χ0) is 25.3. The van der Waals surface area contributed by atoms with Crippen LogP contribution in [0, 0.1) is 11.8 Å². The van der Waals surface area contributed by atoms with E-state index in [4.69, 9.17) is 10.2 Å². The second-order valence-corrected chi connectivity index (χ2v) is 10.9. The zero-order valence-corrected chi connectivity index (χ0v) is 21.0. The predicted octanol–water partition coefficient (Wildman–Crippen LogP) is 6.29. The molecular weight excluding hydrogens is 485 g/mol. The first-order valence-corrected chi connectivity index (χ1v) is 13.2. The summed E-state index contributed by atoms with van der Waals surface area (Å²) >= 11 is 1.72. The Morgan fingerprint density at radius 3 is 2.69 bits per heavy atom. The van der Waals surface area contributed by atoms with Crippen LogP contribution >= 0.6 is 11.8 Å². The number of rotatable bonds is 7. The number of pyridine rings is 1. The highest BCUT2D eigenvalue weighted by atomic mass is 32.2. The van der Waals surface area contributed by atoms with Crippen LogP contribution in [0.4, 0.5) is 13.2 Å². The van der Waals surface area contributed by atoms with Crippen molar-refractivity contribution in [3.8, 4) is 0 Å². The molecule has 2 aliphatic rings. The fraction of sp³-hybridized carbons (Fsp3) is 0.444. The molecule has 0 radical (unpaired) electrons. The molecule has 3 heterocycles. The van der Waals surface area contributed by atoms with E-state index in [9.17, 15) is 13.2 Å². The lowest BCUT2D eigenvalue weighted by molar-refractivity contribution is -0.184. The molecule has 0 amide bonds. The average molecular weight is 517 g/mol. The van der Waals surface area contributed by atoms with Crippen LogP contribution in [0.2, 0.25) is 0 Å². The van der Waals surface area contributed by atoms with Gasteiger partial charge in [0.1, 0.15) is 5.50 Å². The van der Waals surface area contributed by atoms with Gasteiger partial charge in [-0.2, -0.15) is 13.2 Å². The van der Waals surface area contributed by atoms with Crippen LogP contribution < -0.4 is 11.1 Å². The van der Waals surface area contributed by atoms with Gasteiger partial charge in [0.15, 0.2) is 5.76 Å². The molecular formula is C27H31F3N4OS. The number of halogens is 3. The van der Waals surface area contributed by atoms with Crippen molar-refractivity contribution >= 4 is 33.1 Å². The van der Waals surface area contributed by atoms with Gasteiger partial charge in [0.25, 0.3) is 0 Å². The second kappa shape index (κ2) is 10.5. The maximum absolute atomic E-state index is 13.0. The molecule has 5 rings (SSSR count). The molecule has 0 saturated heterocycles. The lowest BCUT2D eigenvalue weighted by Crippen LogP contribution is -2.44. The van der Waals surface area contributed by atoms with E-state index in [1.807, 2.05) is 31.4 Å². The van der Waals surface area contributed by atoms with Crippen molar-refractivity contribution < 1.29 is 17.6 Å². The van der Waals surface area contributed by atoms with Crippen LogP contribution in [0.15, 0.2) is 59.5 Å². The fourth-order valence-electron chi connectivity index (χ4n) is 5.32. The van der Waals surface area contributed by atoms with E-state index in [0.717, 1.165) is 39.1 Å². The Morgan fingerprint density at radius 2 is 1.97 bits per heavy atom. The van der Waals surface area contributed by atoms with E-state index in [0.29, 0.717) is 19.4 Å². The number of thioether (sulfide) groups is 1. The molecule has 192 valence electrons. The van der Waals surface area contributed by atoms with E-state index in [2.05, 4.69) is 33.4 Å². The second-order valence-electron chi connectivity index (χ2n) is 9.84. The topological polar surface area (TPSA) is 67.3 Å². The maximum atomic E-state index is 13.0. The molecule has 2 aromatic heterocycles. The van der Waals surface area contributed by atoms with E-state index in [1.165, 1.54) is 0 Å². The highest BCUT2D eigenvalue weighted by Gasteiger charge is 2.41. The minimum Gasteiger partial charge on any atom is -0.463 e. The fourth-order valence-corrected chi connectivity index (χ4v) is 6.61. The quantitative estimate of drug-likeness (QED) is 0.385. The predicted molar refractivity (Wildman–Crippen MR) is 139 cm³/mol. The summed E-state index contributed by atoms with van der Waals surface area (Å²) in [5.74, 6) is -0.0961. The first kappa shape index (κ1) is 25.2. The van der Waals surface area contributed by atoms with E-state index in [1.54, 1.807) is 24.2 Å². The van der Waals surface area contributed by atoms with Crippen molar-refractivity contribution in [2.75, 3.05) is 13.6 Å². The third kappa shape index (κ3) is 5.43. The molecule has 1 saturated carbocycles. The van der Waals surface area contributed by atoms with Gasteiger partial charge in [-0.1, -0.05) is 23.9 Å². The minimum absolute atomic E-state index is 0.0414. The van der Waals surface area contributed by atoms with Gasteiger partial charge in [-0.3, -0.25) is 10.3 Å². The molecule has 3 N–H and O–H groups in total. The molecule has 0 bridgehead atoms. The summed E-state index contributed by atoms with van der Waals surface area (Å²) in [6.45, 7) is 0.587. The van der Waals surface area contributed by atoms with Gasteiger partial charge < -0.3 is 15.1 Å². The summed E-state index contributed by atoms with van der Waals surface area (Å²) in [7, 11) is 2.03. The first-order valence-electron chi connectivity index (χ1n) is 12.4. The summed E-state index contributed by atoms with van der Waals surface area (Å²) in [5, 5.41) is 5.78. The molecule has 2 atom stereocenters. The normalized spacial score (nSPS) is 24.0. The lowest BCUT2D eigenvalue weighted by atomic mass is 9.79. The summed E-state index contributed by atoms with van der Waals surface area (Å²) < 4.78 is 44.7. The molecule has 1 unspecified atom stereocenters. The SMILES string of the molecule is CN1C(c2ccco2)=C(c2ccc3cnccc3c2)SC1NC[C@@H](N)CC1CCC(C(F)(F)F)CC1. The molecule has 9 heteroatoms. The van der Waals surface area contributed by atoms with Gasteiger partial charge in [0, 0.05) is 42.3 Å². The highest BCUT2D eigenvalue weighted by molar-refractivity contribution is 8.09. The van der Waals surface area contributed by atoms with Crippen molar-refractivity contribution in [2.24, 2.45) is 17.6 Å². The van der Waals surface area contributed by atoms with Gasteiger partial charge >= 0.3 is 6.18 Å². The summed E-state index contributed by atoms with van der Waals surface area (Å²) in [5.41, 5.74) is 8.51. The van der Waals surface area contributed by atoms with E-state index < -0.39 is 12.1 Å². The largest absolute Gasteiger partial charge is 0.463 e. The average Bonchev–Trinajstić information content (AvgIpc) is 3.50. The number of fused-ring (bicyclic) bond motifs is 1. The summed E-state index contributed by atoms with van der Waals surface area (Å²) in [6, 6.07) is 12.1. The Morgan fingerprint density at radius 1 is 1.17 bits per heavy atom. The van der Waals surface area contributed by atoms with Crippen LogP contribution in [0.25, 0.3) is 21.4 Å². The third-order valence-electron chi connectivity index (χ3n) is 7.31. The van der Waals surface area contributed by atoms with Gasteiger partial charge in [0.05, 0.1) is 17.9 Å². The Balaban J connectivity index is 1.24. The lowest BCUT2D eigenvalue weighted by Gasteiger charge is -2.31. The molecule has 1 fully saturated rings. The monoisotopic (exact) mass is 516 g/mol. The number of hydrogen-bond donors (Lipinski definition) is 2. The van der Waals surface area contributed by atoms with Crippen LogP contribution in [-0.2, 0) is 0 Å². The van der Waals surface area contributed by atoms with E-state index in [-0.39, 0.29) is 30.3 Å². The first-order chi connectivity index (χ1) is 17.3. The molecule has 36 heavy (non-hydrogen) atoms. The van der Waals surface area contributed by atoms with Crippen molar-refractivity contribution in [3.05, 3.63) is 66.4 Å². The van der Waals surface area contributed by atoms with Crippen molar-refractivity contribution in [3.63, 3.8) is 0 Å². The Hall–Kier alpha value is -2.49. The summed E-state index contributed by atoms with van der Waals surface area (Å²) in [6.07, 6.45) is 3.63. The zero-order valence-electron chi connectivity index (χ0n) is 20.2. The summed E-state index contributed by atoms with van der Waals surface area (Å²) in [4.78, 5) is 7.48. The smallest absolute Gasteiger partial charge is 0.391 e. The van der Waals surface area contributed by atoms with E-state index >= 15 is 0 Å². The third-order valence-corrected chi connectivity index (χ3v) is 8.68. The van der Waals surface area contributed by atoms with Crippen molar-refractivity contribution in [2.45, 2.75) is 49.8 Å². The number of furan rings is 1. The number of benzene rings is 1. The number of nitrogens with two attached hydrogens (primary N) is 1. The van der Waals surface area contributed by atoms with Gasteiger partial charge in [-0.25, -0.2) is 0 Å². The van der Waals surface area contributed by atoms with Crippen LogP contribution in [0.5, 0.6) is 0 Å². The van der Waals surface area contributed by atoms with Crippen LogP contribution in [0.1, 0.15) is 43.4 Å². The van der Waals surface area contributed by atoms with Crippen molar-refractivity contribution in [1.29, 1.82) is 0 Å². The van der Waals surface area contributed by atoms with Crippen LogP contribution in [-0.4, -0.2) is 41.2 Å². The molecule has 5 nitrogen and oxygen atoms in total. The number of nitrogens with one attached hydrogen (secondary N) is 1. The molecule has 1 aromatic carbocycles. The van der Waals surface area contributed by atoms with Gasteiger partial charge in [-0.15, -0.1) is 0 Å². The van der Waals surface area contributed by atoms with Crippen LogP contribution in [0.3, 0.4) is 0 Å². The Bertz CT molecular complexity index is 1210. The maximum Gasteiger partial charge on any atom is 0.391 e. The Kier molecular flexibility index (Phi) is 7.32. The molecule has 1 aliphatic heterocycles.